The van der Waals surface area contributed by atoms with E-state index in [0.717, 1.165) is 18.5 Å². The molecule has 0 saturated carbocycles. The van der Waals surface area contributed by atoms with Crippen LogP contribution in [0.5, 0.6) is 5.75 Å². The Kier molecular flexibility index (Phi) is 6.20. The van der Waals surface area contributed by atoms with Crippen molar-refractivity contribution in [3.63, 3.8) is 0 Å². The van der Waals surface area contributed by atoms with Gasteiger partial charge in [0, 0.05) is 26.2 Å². The number of hydrogen-bond donors (Lipinski definition) is 1. The molecule has 0 bridgehead atoms. The molecule has 2 fully saturated rings. The molecule has 0 aliphatic carbocycles. The molecule has 9 heteroatoms. The third-order valence-corrected chi connectivity index (χ3v) is 5.44. The van der Waals surface area contributed by atoms with E-state index in [1.165, 1.54) is 6.33 Å². The Morgan fingerprint density at radius 3 is 2.87 bits per heavy atom. The van der Waals surface area contributed by atoms with Crippen molar-refractivity contribution in [2.75, 3.05) is 20.2 Å². The lowest BCUT2D eigenvalue weighted by Crippen LogP contribution is -2.56. The lowest BCUT2D eigenvalue weighted by molar-refractivity contribution is -0.158. The first kappa shape index (κ1) is 20.2. The van der Waals surface area contributed by atoms with Gasteiger partial charge in [-0.1, -0.05) is 18.2 Å². The van der Waals surface area contributed by atoms with Crippen molar-refractivity contribution in [2.45, 2.75) is 37.7 Å². The van der Waals surface area contributed by atoms with Crippen LogP contribution in [-0.4, -0.2) is 64.4 Å². The molecule has 3 heterocycles. The number of carbonyl (C=O) groups is 2. The van der Waals surface area contributed by atoms with E-state index in [2.05, 4.69) is 15.3 Å². The number of benzene rings is 1. The molecular formula is C21H25N5O4. The predicted molar refractivity (Wildman–Crippen MR) is 107 cm³/mol. The second-order valence-corrected chi connectivity index (χ2v) is 7.42. The van der Waals surface area contributed by atoms with Gasteiger partial charge in [-0.15, -0.1) is 0 Å². The Hall–Kier alpha value is -3.04. The van der Waals surface area contributed by atoms with Crippen molar-refractivity contribution >= 4 is 12.0 Å². The second-order valence-electron chi connectivity index (χ2n) is 7.42. The first-order valence-corrected chi connectivity index (χ1v) is 10.0. The minimum atomic E-state index is -0.598. The second kappa shape index (κ2) is 9.19. The Morgan fingerprint density at radius 1 is 1.27 bits per heavy atom. The van der Waals surface area contributed by atoms with Gasteiger partial charge in [0.2, 0.25) is 5.91 Å². The molecule has 1 N–H and O–H groups in total. The average Bonchev–Trinajstić information content (AvgIpc) is 3.25. The van der Waals surface area contributed by atoms with E-state index in [0.29, 0.717) is 25.3 Å². The van der Waals surface area contributed by atoms with Gasteiger partial charge in [-0.05, 0) is 31.0 Å². The first-order chi connectivity index (χ1) is 14.6. The minimum Gasteiger partial charge on any atom is -0.410 e. The number of likely N-dealkylation sites (tertiary alicyclic amines) is 1. The maximum Gasteiger partial charge on any atom is 0.415 e. The summed E-state index contributed by atoms with van der Waals surface area (Å²) in [6.07, 6.45) is 4.14. The molecule has 4 rings (SSSR count). The van der Waals surface area contributed by atoms with E-state index in [9.17, 15) is 9.59 Å². The molecule has 1 aromatic carbocycles. The van der Waals surface area contributed by atoms with E-state index in [1.54, 1.807) is 41.2 Å². The van der Waals surface area contributed by atoms with Gasteiger partial charge in [0.25, 0.3) is 0 Å². The molecule has 9 nitrogen and oxygen atoms in total. The highest BCUT2D eigenvalue weighted by Crippen LogP contribution is 2.24. The molecule has 2 aliphatic heterocycles. The Morgan fingerprint density at radius 2 is 2.10 bits per heavy atom. The summed E-state index contributed by atoms with van der Waals surface area (Å²) in [5.41, 5.74) is 0.744. The molecule has 2 saturated heterocycles. The van der Waals surface area contributed by atoms with Crippen LogP contribution in [0, 0.1) is 0 Å². The number of carbonyl (C=O) groups excluding carboxylic acids is 2. The molecule has 2 amide bonds. The fraction of sp³-hybridized carbons (Fsp3) is 0.429. The monoisotopic (exact) mass is 411 g/mol. The summed E-state index contributed by atoms with van der Waals surface area (Å²) in [7, 11) is 1.70. The molecule has 0 radical (unpaired) electrons. The van der Waals surface area contributed by atoms with Crippen LogP contribution in [0.3, 0.4) is 0 Å². The topological polar surface area (TPSA) is 96.9 Å². The van der Waals surface area contributed by atoms with Crippen molar-refractivity contribution in [1.29, 1.82) is 0 Å². The van der Waals surface area contributed by atoms with Gasteiger partial charge >= 0.3 is 6.09 Å². The highest BCUT2D eigenvalue weighted by atomic mass is 16.6. The summed E-state index contributed by atoms with van der Waals surface area (Å²) in [6, 6.07) is 10.4. The lowest BCUT2D eigenvalue weighted by Gasteiger charge is -2.38. The SMILES string of the molecule is CN1C(=O)CC(c2ccncn2)NC1OC[C@H]1CCCN1C(=O)Oc1ccccc1. The summed E-state index contributed by atoms with van der Waals surface area (Å²) in [6.45, 7) is 0.922. The Bertz CT molecular complexity index is 866. The zero-order valence-corrected chi connectivity index (χ0v) is 16.8. The van der Waals surface area contributed by atoms with Crippen LogP contribution in [0.1, 0.15) is 31.0 Å². The van der Waals surface area contributed by atoms with Gasteiger partial charge in [-0.3, -0.25) is 10.1 Å². The molecule has 0 spiro atoms. The van der Waals surface area contributed by atoms with Gasteiger partial charge in [-0.25, -0.2) is 14.8 Å². The zero-order chi connectivity index (χ0) is 20.9. The highest BCUT2D eigenvalue weighted by molar-refractivity contribution is 5.77. The molecule has 158 valence electrons. The fourth-order valence-corrected chi connectivity index (χ4v) is 3.75. The number of aromatic nitrogens is 2. The predicted octanol–water partition coefficient (Wildman–Crippen LogP) is 1.93. The van der Waals surface area contributed by atoms with E-state index >= 15 is 0 Å². The summed E-state index contributed by atoms with van der Waals surface area (Å²) in [5.74, 6) is 0.482. The maximum atomic E-state index is 12.6. The average molecular weight is 411 g/mol. The van der Waals surface area contributed by atoms with E-state index in [-0.39, 0.29) is 24.1 Å². The van der Waals surface area contributed by atoms with Crippen LogP contribution >= 0.6 is 0 Å². The van der Waals surface area contributed by atoms with Crippen LogP contribution in [-0.2, 0) is 9.53 Å². The van der Waals surface area contributed by atoms with Gasteiger partial charge in [0.1, 0.15) is 12.1 Å². The van der Waals surface area contributed by atoms with Crippen molar-refractivity contribution in [3.05, 3.63) is 54.6 Å². The van der Waals surface area contributed by atoms with E-state index in [4.69, 9.17) is 9.47 Å². The van der Waals surface area contributed by atoms with Crippen LogP contribution in [0.4, 0.5) is 4.79 Å². The third kappa shape index (κ3) is 4.58. The summed E-state index contributed by atoms with van der Waals surface area (Å²) in [5, 5.41) is 3.32. The van der Waals surface area contributed by atoms with Crippen molar-refractivity contribution in [2.24, 2.45) is 0 Å². The smallest absolute Gasteiger partial charge is 0.410 e. The number of rotatable bonds is 5. The van der Waals surface area contributed by atoms with Crippen molar-refractivity contribution < 1.29 is 19.1 Å². The summed E-state index contributed by atoms with van der Waals surface area (Å²) in [4.78, 5) is 36.4. The highest BCUT2D eigenvalue weighted by Gasteiger charge is 2.35. The lowest BCUT2D eigenvalue weighted by atomic mass is 10.1. The molecule has 3 atom stereocenters. The van der Waals surface area contributed by atoms with Gasteiger partial charge in [0.05, 0.1) is 24.4 Å². The first-order valence-electron chi connectivity index (χ1n) is 10.0. The third-order valence-electron chi connectivity index (χ3n) is 5.44. The van der Waals surface area contributed by atoms with Crippen LogP contribution in [0.25, 0.3) is 0 Å². The molecule has 2 unspecified atom stereocenters. The van der Waals surface area contributed by atoms with E-state index in [1.807, 2.05) is 18.2 Å². The normalized spacial score (nSPS) is 24.2. The number of nitrogens with one attached hydrogen (secondary N) is 1. The molecule has 2 aliphatic rings. The number of para-hydroxylation sites is 1. The van der Waals surface area contributed by atoms with Gasteiger partial charge in [0.15, 0.2) is 6.35 Å². The Labute approximate surface area is 175 Å². The quantitative estimate of drug-likeness (QED) is 0.803. The number of ether oxygens (including phenoxy) is 2. The largest absolute Gasteiger partial charge is 0.415 e. The fourth-order valence-electron chi connectivity index (χ4n) is 3.75. The van der Waals surface area contributed by atoms with Crippen molar-refractivity contribution in [3.8, 4) is 5.75 Å². The summed E-state index contributed by atoms with van der Waals surface area (Å²) < 4.78 is 11.5. The van der Waals surface area contributed by atoms with Crippen LogP contribution in [0.15, 0.2) is 48.9 Å². The van der Waals surface area contributed by atoms with Gasteiger partial charge < -0.3 is 19.3 Å². The summed E-state index contributed by atoms with van der Waals surface area (Å²) >= 11 is 0. The molecule has 2 aromatic rings. The minimum absolute atomic E-state index is 0.0332. The van der Waals surface area contributed by atoms with Gasteiger partial charge in [-0.2, -0.15) is 0 Å². The van der Waals surface area contributed by atoms with Crippen LogP contribution in [0.2, 0.25) is 0 Å². The number of amides is 2. The zero-order valence-electron chi connectivity index (χ0n) is 16.8. The van der Waals surface area contributed by atoms with Crippen LogP contribution < -0.4 is 10.1 Å². The molecule has 30 heavy (non-hydrogen) atoms. The molecular weight excluding hydrogens is 386 g/mol. The Balaban J connectivity index is 1.36. The van der Waals surface area contributed by atoms with Crippen molar-refractivity contribution in [1.82, 2.24) is 25.1 Å². The number of nitrogens with zero attached hydrogens (tertiary/aromatic N) is 4. The molecule has 1 aromatic heterocycles. The number of hydrogen-bond acceptors (Lipinski definition) is 7. The van der Waals surface area contributed by atoms with E-state index < -0.39 is 6.35 Å². The maximum absolute atomic E-state index is 12.6. The standard InChI is InChI=1S/C21H25N5O4/c1-25-19(27)12-18(17-9-10-22-14-23-17)24-20(25)29-13-15-6-5-11-26(15)21(28)30-16-7-3-2-4-8-16/h2-4,7-10,14-15,18,20,24H,5-6,11-13H2,1H3/t15-,18?,20?/m1/s1.